The Morgan fingerprint density at radius 1 is 1.44 bits per heavy atom. The minimum atomic E-state index is 0.0332. The molecule has 3 atom stereocenters. The number of nitrogens with zero attached hydrogens (tertiary/aromatic N) is 1. The third kappa shape index (κ3) is 1.48. The van der Waals surface area contributed by atoms with E-state index < -0.39 is 0 Å². The monoisotopic (exact) mass is 224 g/mol. The van der Waals surface area contributed by atoms with E-state index in [1.165, 1.54) is 6.42 Å². The van der Waals surface area contributed by atoms with Crippen molar-refractivity contribution < 1.29 is 4.79 Å². The van der Waals surface area contributed by atoms with Crippen LogP contribution < -0.4 is 5.73 Å². The predicted molar refractivity (Wildman–Crippen MR) is 64.9 cm³/mol. The van der Waals surface area contributed by atoms with Crippen molar-refractivity contribution in [3.8, 4) is 0 Å². The molecule has 0 radical (unpaired) electrons. The first-order chi connectivity index (χ1) is 7.33. The second-order valence-electron chi connectivity index (χ2n) is 6.38. The lowest BCUT2D eigenvalue weighted by Gasteiger charge is -2.34. The quantitative estimate of drug-likeness (QED) is 0.794. The molecule has 1 saturated heterocycles. The minimum Gasteiger partial charge on any atom is -0.338 e. The van der Waals surface area contributed by atoms with Gasteiger partial charge < -0.3 is 10.6 Å². The van der Waals surface area contributed by atoms with Gasteiger partial charge in [-0.15, -0.1) is 0 Å². The fourth-order valence-electron chi connectivity index (χ4n) is 3.52. The molecule has 0 spiro atoms. The molecule has 1 amide bonds. The van der Waals surface area contributed by atoms with Crippen LogP contribution in [-0.4, -0.2) is 29.4 Å². The minimum absolute atomic E-state index is 0.0332. The van der Waals surface area contributed by atoms with Crippen LogP contribution >= 0.6 is 0 Å². The first kappa shape index (κ1) is 11.9. The summed E-state index contributed by atoms with van der Waals surface area (Å²) >= 11 is 0. The Morgan fingerprint density at radius 3 is 2.44 bits per heavy atom. The molecule has 2 rings (SSSR count). The van der Waals surface area contributed by atoms with E-state index in [1.54, 1.807) is 0 Å². The Morgan fingerprint density at radius 2 is 2.00 bits per heavy atom. The molecule has 2 fully saturated rings. The zero-order valence-corrected chi connectivity index (χ0v) is 10.9. The number of hydrogen-bond acceptors (Lipinski definition) is 2. The molecule has 2 aliphatic rings. The average Bonchev–Trinajstić information content (AvgIpc) is 2.49. The van der Waals surface area contributed by atoms with Gasteiger partial charge in [0.2, 0.25) is 5.91 Å². The predicted octanol–water partition coefficient (Wildman–Crippen LogP) is 1.76. The fraction of sp³-hybridized carbons (Fsp3) is 0.923. The zero-order valence-electron chi connectivity index (χ0n) is 10.9. The standard InChI is InChI=1S/C13H24N2O/c1-5-6-15-10(16)7-9(14)11(15)13(4)8-12(13,2)3/h9,11H,5-8,14H2,1-4H3/t9-,11-,13?/m0/s1. The van der Waals surface area contributed by atoms with Gasteiger partial charge in [0.1, 0.15) is 0 Å². The van der Waals surface area contributed by atoms with Crippen molar-refractivity contribution in [1.82, 2.24) is 4.90 Å². The smallest absolute Gasteiger partial charge is 0.224 e. The molecular weight excluding hydrogens is 200 g/mol. The molecule has 0 aromatic heterocycles. The van der Waals surface area contributed by atoms with Crippen molar-refractivity contribution in [3.63, 3.8) is 0 Å². The number of nitrogens with two attached hydrogens (primary N) is 1. The second kappa shape index (κ2) is 3.46. The van der Waals surface area contributed by atoms with Crippen LogP contribution in [0, 0.1) is 10.8 Å². The maximum absolute atomic E-state index is 11.9. The van der Waals surface area contributed by atoms with E-state index >= 15 is 0 Å². The van der Waals surface area contributed by atoms with Crippen molar-refractivity contribution in [2.45, 2.75) is 59.0 Å². The molecule has 3 nitrogen and oxygen atoms in total. The summed E-state index contributed by atoms with van der Waals surface area (Å²) in [6.45, 7) is 9.84. The Kier molecular flexibility index (Phi) is 2.57. The van der Waals surface area contributed by atoms with Crippen molar-refractivity contribution in [3.05, 3.63) is 0 Å². The Balaban J connectivity index is 2.22. The molecule has 1 saturated carbocycles. The Labute approximate surface area is 98.4 Å². The van der Waals surface area contributed by atoms with Gasteiger partial charge in [-0.2, -0.15) is 0 Å². The molecule has 1 aliphatic carbocycles. The first-order valence-corrected chi connectivity index (χ1v) is 6.38. The van der Waals surface area contributed by atoms with E-state index in [4.69, 9.17) is 5.73 Å². The number of carbonyl (C=O) groups is 1. The number of carbonyl (C=O) groups excluding carboxylic acids is 1. The molecule has 0 bridgehead atoms. The third-order valence-corrected chi connectivity index (χ3v) is 4.82. The lowest BCUT2D eigenvalue weighted by Crippen LogP contribution is -2.47. The van der Waals surface area contributed by atoms with Crippen LogP contribution in [0.5, 0.6) is 0 Å². The highest BCUT2D eigenvalue weighted by Crippen LogP contribution is 2.67. The highest BCUT2D eigenvalue weighted by Gasteiger charge is 2.65. The van der Waals surface area contributed by atoms with Crippen molar-refractivity contribution in [1.29, 1.82) is 0 Å². The first-order valence-electron chi connectivity index (χ1n) is 6.38. The Hall–Kier alpha value is -0.570. The molecule has 92 valence electrons. The van der Waals surface area contributed by atoms with Gasteiger partial charge in [-0.3, -0.25) is 4.79 Å². The summed E-state index contributed by atoms with van der Waals surface area (Å²) in [5, 5.41) is 0. The molecule has 1 aliphatic heterocycles. The van der Waals surface area contributed by atoms with Gasteiger partial charge >= 0.3 is 0 Å². The average molecular weight is 224 g/mol. The summed E-state index contributed by atoms with van der Waals surface area (Å²) in [5.41, 5.74) is 6.74. The number of amides is 1. The highest BCUT2D eigenvalue weighted by molar-refractivity contribution is 5.80. The normalized spacial score (nSPS) is 41.6. The van der Waals surface area contributed by atoms with Crippen molar-refractivity contribution in [2.75, 3.05) is 6.54 Å². The molecule has 1 heterocycles. The van der Waals surface area contributed by atoms with Crippen LogP contribution in [0.4, 0.5) is 0 Å². The van der Waals surface area contributed by atoms with Crippen molar-refractivity contribution >= 4 is 5.91 Å². The maximum Gasteiger partial charge on any atom is 0.224 e. The molecule has 1 unspecified atom stereocenters. The Bertz CT molecular complexity index is 313. The number of likely N-dealkylation sites (tertiary alicyclic amines) is 1. The van der Waals surface area contributed by atoms with Gasteiger partial charge in [0.25, 0.3) is 0 Å². The lowest BCUT2D eigenvalue weighted by molar-refractivity contribution is -0.129. The van der Waals surface area contributed by atoms with Gasteiger partial charge in [-0.1, -0.05) is 27.7 Å². The lowest BCUT2D eigenvalue weighted by atomic mass is 9.86. The van der Waals surface area contributed by atoms with Gasteiger partial charge in [0.15, 0.2) is 0 Å². The third-order valence-electron chi connectivity index (χ3n) is 4.82. The summed E-state index contributed by atoms with van der Waals surface area (Å²) in [7, 11) is 0. The molecular formula is C13H24N2O. The van der Waals surface area contributed by atoms with Crippen LogP contribution in [-0.2, 0) is 4.79 Å². The van der Waals surface area contributed by atoms with E-state index in [9.17, 15) is 4.79 Å². The van der Waals surface area contributed by atoms with E-state index in [2.05, 4.69) is 27.7 Å². The van der Waals surface area contributed by atoms with Gasteiger partial charge in [0, 0.05) is 19.0 Å². The van der Waals surface area contributed by atoms with Crippen LogP contribution in [0.25, 0.3) is 0 Å². The summed E-state index contributed by atoms with van der Waals surface area (Å²) < 4.78 is 0. The topological polar surface area (TPSA) is 46.3 Å². The molecule has 3 heteroatoms. The summed E-state index contributed by atoms with van der Waals surface area (Å²) in [6.07, 6.45) is 2.74. The summed E-state index contributed by atoms with van der Waals surface area (Å²) in [4.78, 5) is 14.0. The summed E-state index contributed by atoms with van der Waals surface area (Å²) in [6, 6.07) is 0.292. The van der Waals surface area contributed by atoms with E-state index in [-0.39, 0.29) is 23.4 Å². The molecule has 16 heavy (non-hydrogen) atoms. The largest absolute Gasteiger partial charge is 0.338 e. The van der Waals surface area contributed by atoms with E-state index in [0.29, 0.717) is 11.8 Å². The molecule has 0 aromatic carbocycles. The fourth-order valence-corrected chi connectivity index (χ4v) is 3.52. The van der Waals surface area contributed by atoms with Crippen LogP contribution in [0.2, 0.25) is 0 Å². The second-order valence-corrected chi connectivity index (χ2v) is 6.38. The SMILES string of the molecule is CCCN1C(=O)C[C@H](N)[C@H]1C1(C)CC1(C)C. The highest BCUT2D eigenvalue weighted by atomic mass is 16.2. The summed E-state index contributed by atoms with van der Waals surface area (Å²) in [5.74, 6) is 0.253. The van der Waals surface area contributed by atoms with Crippen LogP contribution in [0.1, 0.15) is 47.0 Å². The van der Waals surface area contributed by atoms with Crippen LogP contribution in [0.15, 0.2) is 0 Å². The molecule has 0 aromatic rings. The zero-order chi connectivity index (χ0) is 12.1. The van der Waals surface area contributed by atoms with Gasteiger partial charge in [-0.25, -0.2) is 0 Å². The maximum atomic E-state index is 11.9. The van der Waals surface area contributed by atoms with E-state index in [0.717, 1.165) is 13.0 Å². The van der Waals surface area contributed by atoms with Crippen LogP contribution in [0.3, 0.4) is 0 Å². The number of hydrogen-bond donors (Lipinski definition) is 1. The van der Waals surface area contributed by atoms with Crippen molar-refractivity contribution in [2.24, 2.45) is 16.6 Å². The van der Waals surface area contributed by atoms with Gasteiger partial charge in [0.05, 0.1) is 6.04 Å². The van der Waals surface area contributed by atoms with Gasteiger partial charge in [-0.05, 0) is 23.7 Å². The van der Waals surface area contributed by atoms with E-state index in [1.807, 2.05) is 4.90 Å². The molecule has 2 N–H and O–H groups in total. The number of rotatable bonds is 3.